The number of nitrogens with two attached hydrogens (primary N) is 1. The first kappa shape index (κ1) is 19.6. The average Bonchev–Trinajstić information content (AvgIpc) is 2.57. The molecule has 0 spiro atoms. The summed E-state index contributed by atoms with van der Waals surface area (Å²) in [6.07, 6.45) is 0.102. The molecule has 1 aromatic rings. The molecule has 5 nitrogen and oxygen atoms in total. The van der Waals surface area contributed by atoms with Crippen LogP contribution in [0.5, 0.6) is 5.75 Å². The van der Waals surface area contributed by atoms with E-state index in [0.29, 0.717) is 0 Å². The van der Waals surface area contributed by atoms with E-state index < -0.39 is 24.5 Å². The summed E-state index contributed by atoms with van der Waals surface area (Å²) in [5.74, 6) is -1.02. The van der Waals surface area contributed by atoms with Crippen LogP contribution < -0.4 is 15.8 Å². The van der Waals surface area contributed by atoms with Crippen LogP contribution in [0.25, 0.3) is 0 Å². The standard InChI is InChI=1S/C15H13Cl3F2N2O3/c1-24-14(23)15(13(18)9(21)4-5-22-15)7-2-3-8(16)12(11(7)17)25-6-10(19)20/h2-5,10,22H,6,21H2,1H3. The normalized spacial score (nSPS) is 19.8. The van der Waals surface area contributed by atoms with Crippen LogP contribution in [0.4, 0.5) is 8.78 Å². The highest BCUT2D eigenvalue weighted by Crippen LogP contribution is 2.45. The summed E-state index contributed by atoms with van der Waals surface area (Å²) in [6, 6.07) is 2.74. The van der Waals surface area contributed by atoms with Gasteiger partial charge in [0.2, 0.25) is 5.54 Å². The maximum absolute atomic E-state index is 12.5. The molecule has 1 aliphatic heterocycles. The summed E-state index contributed by atoms with van der Waals surface area (Å²) in [7, 11) is 1.16. The van der Waals surface area contributed by atoms with Gasteiger partial charge in [0, 0.05) is 5.56 Å². The van der Waals surface area contributed by atoms with Crippen molar-refractivity contribution in [3.63, 3.8) is 0 Å². The number of benzene rings is 1. The SMILES string of the molecule is COC(=O)C1(c2ccc(Cl)c(OCC(F)F)c2Cl)NC=CC(N)=C1Cl. The number of dihydropyridines is 1. The predicted molar refractivity (Wildman–Crippen MR) is 91.0 cm³/mol. The Kier molecular flexibility index (Phi) is 6.03. The third-order valence-corrected chi connectivity index (χ3v) is 4.62. The molecule has 10 heteroatoms. The van der Waals surface area contributed by atoms with Crippen LogP contribution in [0.15, 0.2) is 35.1 Å². The summed E-state index contributed by atoms with van der Waals surface area (Å²) in [5.41, 5.74) is 4.24. The van der Waals surface area contributed by atoms with Crippen molar-refractivity contribution in [2.45, 2.75) is 12.0 Å². The van der Waals surface area contributed by atoms with E-state index in [1.807, 2.05) is 0 Å². The summed E-state index contributed by atoms with van der Waals surface area (Å²) < 4.78 is 34.7. The smallest absolute Gasteiger partial charge is 0.342 e. The first-order valence-corrected chi connectivity index (χ1v) is 7.96. The lowest BCUT2D eigenvalue weighted by Crippen LogP contribution is -2.50. The van der Waals surface area contributed by atoms with Gasteiger partial charge in [-0.2, -0.15) is 0 Å². The molecule has 2 rings (SSSR count). The molecule has 3 N–H and O–H groups in total. The van der Waals surface area contributed by atoms with Crippen molar-refractivity contribution in [2.75, 3.05) is 13.7 Å². The van der Waals surface area contributed by atoms with Gasteiger partial charge in [0.05, 0.1) is 27.9 Å². The number of hydrogen-bond donors (Lipinski definition) is 2. The molecular formula is C15H13Cl3F2N2O3. The van der Waals surface area contributed by atoms with E-state index in [0.717, 1.165) is 7.11 Å². The highest BCUT2D eigenvalue weighted by Gasteiger charge is 2.48. The first-order chi connectivity index (χ1) is 11.8. The van der Waals surface area contributed by atoms with Crippen molar-refractivity contribution in [2.24, 2.45) is 5.73 Å². The number of halogens is 5. The maximum Gasteiger partial charge on any atom is 0.342 e. The zero-order chi connectivity index (χ0) is 18.8. The molecule has 1 unspecified atom stereocenters. The molecule has 1 atom stereocenters. The second-order valence-electron chi connectivity index (χ2n) is 4.93. The van der Waals surface area contributed by atoms with Crippen LogP contribution in [0.3, 0.4) is 0 Å². The Morgan fingerprint density at radius 2 is 2.04 bits per heavy atom. The van der Waals surface area contributed by atoms with Gasteiger partial charge in [0.25, 0.3) is 6.43 Å². The molecule has 136 valence electrons. The number of methoxy groups -OCH3 is 1. The van der Waals surface area contributed by atoms with Crippen LogP contribution in [0.2, 0.25) is 10.0 Å². The molecule has 0 amide bonds. The minimum absolute atomic E-state index is 0.00570. The highest BCUT2D eigenvalue weighted by molar-refractivity contribution is 6.39. The van der Waals surface area contributed by atoms with Crippen molar-refractivity contribution < 1.29 is 23.0 Å². The monoisotopic (exact) mass is 412 g/mol. The van der Waals surface area contributed by atoms with Gasteiger partial charge in [-0.1, -0.05) is 40.9 Å². The van der Waals surface area contributed by atoms with Gasteiger partial charge in [-0.05, 0) is 18.3 Å². The number of carbonyl (C=O) groups is 1. The Balaban J connectivity index is 2.66. The maximum atomic E-state index is 12.5. The van der Waals surface area contributed by atoms with E-state index in [9.17, 15) is 13.6 Å². The number of rotatable bonds is 5. The van der Waals surface area contributed by atoms with E-state index >= 15 is 0 Å². The van der Waals surface area contributed by atoms with E-state index in [1.54, 1.807) is 0 Å². The van der Waals surface area contributed by atoms with Gasteiger partial charge < -0.3 is 20.5 Å². The minimum Gasteiger partial charge on any atom is -0.484 e. The van der Waals surface area contributed by atoms with Crippen LogP contribution in [0.1, 0.15) is 5.56 Å². The fraction of sp³-hybridized carbons (Fsp3) is 0.267. The summed E-state index contributed by atoms with van der Waals surface area (Å²) in [6.45, 7) is -0.923. The van der Waals surface area contributed by atoms with Crippen LogP contribution >= 0.6 is 34.8 Å². The number of allylic oxidation sites excluding steroid dienone is 1. The Morgan fingerprint density at radius 1 is 1.36 bits per heavy atom. The van der Waals surface area contributed by atoms with Crippen molar-refractivity contribution in [1.82, 2.24) is 5.32 Å². The van der Waals surface area contributed by atoms with Crippen molar-refractivity contribution in [3.05, 3.63) is 50.7 Å². The molecule has 1 heterocycles. The van der Waals surface area contributed by atoms with E-state index in [2.05, 4.69) is 5.32 Å². The molecule has 25 heavy (non-hydrogen) atoms. The molecule has 0 fully saturated rings. The Bertz CT molecular complexity index is 756. The number of ether oxygens (including phenoxy) is 2. The van der Waals surface area contributed by atoms with Gasteiger partial charge in [0.1, 0.15) is 6.61 Å². The largest absolute Gasteiger partial charge is 0.484 e. The molecule has 0 radical (unpaired) electrons. The lowest BCUT2D eigenvalue weighted by molar-refractivity contribution is -0.146. The van der Waals surface area contributed by atoms with E-state index in [4.69, 9.17) is 50.0 Å². The number of carbonyl (C=O) groups excluding carboxylic acids is 1. The number of esters is 1. The Morgan fingerprint density at radius 3 is 2.64 bits per heavy atom. The topological polar surface area (TPSA) is 73.6 Å². The third-order valence-electron chi connectivity index (χ3n) is 3.44. The molecule has 0 aromatic heterocycles. The molecule has 1 aliphatic rings. The fourth-order valence-corrected chi connectivity index (χ4v) is 3.24. The third kappa shape index (κ3) is 3.49. The zero-order valence-electron chi connectivity index (χ0n) is 12.8. The number of alkyl halides is 2. The van der Waals surface area contributed by atoms with E-state index in [1.165, 1.54) is 24.4 Å². The quantitative estimate of drug-likeness (QED) is 0.723. The zero-order valence-corrected chi connectivity index (χ0v) is 15.1. The fourth-order valence-electron chi connectivity index (χ4n) is 2.32. The molecule has 0 aliphatic carbocycles. The predicted octanol–water partition coefficient (Wildman–Crippen LogP) is 3.53. The number of hydrogen-bond acceptors (Lipinski definition) is 5. The molecular weight excluding hydrogens is 401 g/mol. The van der Waals surface area contributed by atoms with Gasteiger partial charge in [-0.15, -0.1) is 0 Å². The molecule has 1 aromatic carbocycles. The first-order valence-electron chi connectivity index (χ1n) is 6.83. The highest BCUT2D eigenvalue weighted by atomic mass is 35.5. The summed E-state index contributed by atoms with van der Waals surface area (Å²) in [5, 5.41) is 2.50. The lowest BCUT2D eigenvalue weighted by atomic mass is 9.86. The van der Waals surface area contributed by atoms with Gasteiger partial charge >= 0.3 is 5.97 Å². The van der Waals surface area contributed by atoms with E-state index in [-0.39, 0.29) is 32.1 Å². The van der Waals surface area contributed by atoms with Crippen molar-refractivity contribution >= 4 is 40.8 Å². The Hall–Kier alpha value is -1.70. The molecule has 0 saturated heterocycles. The second-order valence-corrected chi connectivity index (χ2v) is 6.09. The summed E-state index contributed by atoms with van der Waals surface area (Å²) in [4.78, 5) is 12.5. The Labute approximate surface area is 157 Å². The van der Waals surface area contributed by atoms with Gasteiger partial charge in [-0.3, -0.25) is 0 Å². The average molecular weight is 414 g/mol. The minimum atomic E-state index is -2.74. The molecule has 0 bridgehead atoms. The molecule has 0 saturated carbocycles. The van der Waals surface area contributed by atoms with Gasteiger partial charge in [-0.25, -0.2) is 13.6 Å². The van der Waals surface area contributed by atoms with Gasteiger partial charge in [0.15, 0.2) is 5.75 Å². The number of nitrogens with one attached hydrogen (secondary N) is 1. The van der Waals surface area contributed by atoms with Crippen molar-refractivity contribution in [1.29, 1.82) is 0 Å². The van der Waals surface area contributed by atoms with Crippen LogP contribution in [-0.4, -0.2) is 26.1 Å². The lowest BCUT2D eigenvalue weighted by Gasteiger charge is -2.35. The summed E-state index contributed by atoms with van der Waals surface area (Å²) >= 11 is 18.5. The van der Waals surface area contributed by atoms with Crippen LogP contribution in [0, 0.1) is 0 Å². The second kappa shape index (κ2) is 7.68. The van der Waals surface area contributed by atoms with Crippen molar-refractivity contribution in [3.8, 4) is 5.75 Å². The van der Waals surface area contributed by atoms with Crippen LogP contribution in [-0.2, 0) is 15.1 Å².